The van der Waals surface area contributed by atoms with Crippen LogP contribution in [0.5, 0.6) is 0 Å². The van der Waals surface area contributed by atoms with E-state index in [2.05, 4.69) is 11.3 Å². The quantitative estimate of drug-likeness (QED) is 0.500. The van der Waals surface area contributed by atoms with Gasteiger partial charge in [0.1, 0.15) is 0 Å². The van der Waals surface area contributed by atoms with Crippen LogP contribution in [-0.2, 0) is 9.53 Å². The summed E-state index contributed by atoms with van der Waals surface area (Å²) in [5, 5.41) is 0. The van der Waals surface area contributed by atoms with Crippen LogP contribution in [0.15, 0.2) is 12.8 Å². The summed E-state index contributed by atoms with van der Waals surface area (Å²) in [4.78, 5) is 11.2. The van der Waals surface area contributed by atoms with Crippen LogP contribution in [0.3, 0.4) is 0 Å². The monoisotopic (exact) mass is 186 g/mol. The van der Waals surface area contributed by atoms with Gasteiger partial charge in [-0.1, -0.05) is 6.58 Å². The van der Waals surface area contributed by atoms with Crippen molar-refractivity contribution in [1.82, 2.24) is 0 Å². The van der Waals surface area contributed by atoms with Crippen LogP contribution in [0.2, 0.25) is 0 Å². The second-order valence-electron chi connectivity index (χ2n) is 3.48. The first-order valence-electron chi connectivity index (χ1n) is 4.65. The zero-order chi connectivity index (χ0) is 9.68. The number of alkyl halides is 1. The molecule has 0 aliphatic heterocycles. The molecular weight excluding hydrogens is 171 g/mol. The van der Waals surface area contributed by atoms with Gasteiger partial charge < -0.3 is 4.74 Å². The number of carbonyl (C=O) groups is 1. The van der Waals surface area contributed by atoms with Crippen LogP contribution in [0.25, 0.3) is 0 Å². The number of rotatable bonds is 3. The predicted octanol–water partition coefficient (Wildman–Crippen LogP) is 2.45. The van der Waals surface area contributed by atoms with Gasteiger partial charge in [-0.25, -0.2) is 0 Å². The van der Waals surface area contributed by atoms with E-state index in [1.165, 1.54) is 0 Å². The summed E-state index contributed by atoms with van der Waals surface area (Å²) >= 11 is 0. The highest BCUT2D eigenvalue weighted by Crippen LogP contribution is 2.29. The van der Waals surface area contributed by atoms with Gasteiger partial charge in [0.15, 0.2) is 0 Å². The standard InChI is InChI=1S/C10H15FO2/c1-2-13-10(12)9-5-3-8(7-11)4-6-9/h2,8-9H,1,3-7H2. The molecule has 0 bridgehead atoms. The number of hydrogen-bond acceptors (Lipinski definition) is 2. The lowest BCUT2D eigenvalue weighted by Gasteiger charge is -2.24. The van der Waals surface area contributed by atoms with Gasteiger partial charge in [0, 0.05) is 0 Å². The molecule has 0 saturated heterocycles. The van der Waals surface area contributed by atoms with E-state index in [4.69, 9.17) is 0 Å². The lowest BCUT2D eigenvalue weighted by Crippen LogP contribution is -2.23. The molecule has 0 spiro atoms. The highest BCUT2D eigenvalue weighted by Gasteiger charge is 2.26. The first-order valence-corrected chi connectivity index (χ1v) is 4.65. The van der Waals surface area contributed by atoms with Crippen LogP contribution >= 0.6 is 0 Å². The third kappa shape index (κ3) is 2.83. The van der Waals surface area contributed by atoms with Gasteiger partial charge in [-0.05, 0) is 31.6 Å². The minimum atomic E-state index is -0.261. The van der Waals surface area contributed by atoms with E-state index in [-0.39, 0.29) is 24.5 Å². The molecule has 0 N–H and O–H groups in total. The zero-order valence-electron chi connectivity index (χ0n) is 7.67. The van der Waals surface area contributed by atoms with E-state index >= 15 is 0 Å². The molecule has 1 aliphatic rings. The second-order valence-corrected chi connectivity index (χ2v) is 3.48. The van der Waals surface area contributed by atoms with Crippen molar-refractivity contribution >= 4 is 5.97 Å². The molecule has 0 amide bonds. The number of esters is 1. The topological polar surface area (TPSA) is 26.3 Å². The van der Waals surface area contributed by atoms with E-state index in [0.29, 0.717) is 0 Å². The fraction of sp³-hybridized carbons (Fsp3) is 0.700. The van der Waals surface area contributed by atoms with E-state index < -0.39 is 0 Å². The van der Waals surface area contributed by atoms with E-state index in [1.54, 1.807) is 0 Å². The van der Waals surface area contributed by atoms with Crippen molar-refractivity contribution < 1.29 is 13.9 Å². The lowest BCUT2D eigenvalue weighted by atomic mass is 9.83. The van der Waals surface area contributed by atoms with Crippen molar-refractivity contribution in [3.63, 3.8) is 0 Å². The molecule has 13 heavy (non-hydrogen) atoms. The fourth-order valence-electron chi connectivity index (χ4n) is 1.73. The van der Waals surface area contributed by atoms with Gasteiger partial charge in [0.2, 0.25) is 0 Å². The molecule has 0 aromatic heterocycles. The second kappa shape index (κ2) is 5.00. The summed E-state index contributed by atoms with van der Waals surface area (Å²) in [6.45, 7) is 3.06. The Labute approximate surface area is 77.8 Å². The molecule has 0 aromatic rings. The van der Waals surface area contributed by atoms with Crippen LogP contribution in [0, 0.1) is 11.8 Å². The van der Waals surface area contributed by atoms with Gasteiger partial charge >= 0.3 is 5.97 Å². The van der Waals surface area contributed by atoms with Crippen LogP contribution in [0.1, 0.15) is 25.7 Å². The highest BCUT2D eigenvalue weighted by molar-refractivity contribution is 5.73. The summed E-state index contributed by atoms with van der Waals surface area (Å²) in [6.07, 6.45) is 4.26. The Kier molecular flexibility index (Phi) is 3.93. The molecule has 0 aromatic carbocycles. The number of halogens is 1. The minimum absolute atomic E-state index is 0.0409. The molecule has 1 rings (SSSR count). The first-order chi connectivity index (χ1) is 6.27. The van der Waals surface area contributed by atoms with E-state index in [0.717, 1.165) is 31.9 Å². The Morgan fingerprint density at radius 2 is 2.08 bits per heavy atom. The van der Waals surface area contributed by atoms with Crippen molar-refractivity contribution in [3.05, 3.63) is 12.8 Å². The van der Waals surface area contributed by atoms with Crippen molar-refractivity contribution in [2.45, 2.75) is 25.7 Å². The third-order valence-corrected chi connectivity index (χ3v) is 2.60. The Morgan fingerprint density at radius 1 is 1.46 bits per heavy atom. The largest absolute Gasteiger partial charge is 0.435 e. The number of carbonyl (C=O) groups excluding carboxylic acids is 1. The normalized spacial score (nSPS) is 28.1. The molecular formula is C10H15FO2. The Hall–Kier alpha value is -0.860. The van der Waals surface area contributed by atoms with Crippen molar-refractivity contribution in [2.24, 2.45) is 11.8 Å². The smallest absolute Gasteiger partial charge is 0.313 e. The predicted molar refractivity (Wildman–Crippen MR) is 47.7 cm³/mol. The van der Waals surface area contributed by atoms with E-state index in [1.807, 2.05) is 0 Å². The molecule has 0 radical (unpaired) electrons. The molecule has 1 saturated carbocycles. The third-order valence-electron chi connectivity index (χ3n) is 2.60. The van der Waals surface area contributed by atoms with Crippen LogP contribution in [0.4, 0.5) is 4.39 Å². The summed E-state index contributed by atoms with van der Waals surface area (Å²) < 4.78 is 16.9. The van der Waals surface area contributed by atoms with Crippen molar-refractivity contribution in [1.29, 1.82) is 0 Å². The van der Waals surface area contributed by atoms with Crippen LogP contribution in [-0.4, -0.2) is 12.6 Å². The van der Waals surface area contributed by atoms with Gasteiger partial charge in [0.05, 0.1) is 18.9 Å². The number of ether oxygens (including phenoxy) is 1. The molecule has 0 unspecified atom stereocenters. The highest BCUT2D eigenvalue weighted by atomic mass is 19.1. The summed E-state index contributed by atoms with van der Waals surface area (Å²) in [5.74, 6) is -0.0964. The molecule has 1 aliphatic carbocycles. The first kappa shape index (κ1) is 10.2. The Bertz CT molecular complexity index is 183. The Morgan fingerprint density at radius 3 is 2.54 bits per heavy atom. The SMILES string of the molecule is C=COC(=O)C1CCC(CF)CC1. The summed E-state index contributed by atoms with van der Waals surface area (Å²) in [5.41, 5.74) is 0. The van der Waals surface area contributed by atoms with Gasteiger partial charge in [-0.15, -0.1) is 0 Å². The summed E-state index contributed by atoms with van der Waals surface area (Å²) in [6, 6.07) is 0. The molecule has 0 heterocycles. The molecule has 74 valence electrons. The molecule has 1 fully saturated rings. The maximum Gasteiger partial charge on any atom is 0.313 e. The average Bonchev–Trinajstić information content (AvgIpc) is 2.18. The van der Waals surface area contributed by atoms with Crippen molar-refractivity contribution in [3.8, 4) is 0 Å². The minimum Gasteiger partial charge on any atom is -0.435 e. The Balaban J connectivity index is 2.31. The summed E-state index contributed by atoms with van der Waals surface area (Å²) in [7, 11) is 0. The maximum absolute atomic E-state index is 12.2. The lowest BCUT2D eigenvalue weighted by molar-refractivity contribution is -0.144. The van der Waals surface area contributed by atoms with Gasteiger partial charge in [-0.2, -0.15) is 0 Å². The van der Waals surface area contributed by atoms with E-state index in [9.17, 15) is 9.18 Å². The van der Waals surface area contributed by atoms with Crippen molar-refractivity contribution in [2.75, 3.05) is 6.67 Å². The van der Waals surface area contributed by atoms with Crippen LogP contribution < -0.4 is 0 Å². The number of hydrogen-bond donors (Lipinski definition) is 0. The van der Waals surface area contributed by atoms with Gasteiger partial charge in [-0.3, -0.25) is 9.18 Å². The average molecular weight is 186 g/mol. The maximum atomic E-state index is 12.2. The molecule has 0 atom stereocenters. The van der Waals surface area contributed by atoms with Gasteiger partial charge in [0.25, 0.3) is 0 Å². The molecule has 3 heteroatoms. The molecule has 2 nitrogen and oxygen atoms in total. The zero-order valence-corrected chi connectivity index (χ0v) is 7.67. The fourth-order valence-corrected chi connectivity index (χ4v) is 1.73.